The highest BCUT2D eigenvalue weighted by Crippen LogP contribution is 2.14. The van der Waals surface area contributed by atoms with E-state index in [-0.39, 0.29) is 12.3 Å². The molecule has 0 unspecified atom stereocenters. The van der Waals surface area contributed by atoms with Crippen LogP contribution in [0.1, 0.15) is 24.5 Å². The topological polar surface area (TPSA) is 64.6 Å². The van der Waals surface area contributed by atoms with Gasteiger partial charge in [0, 0.05) is 6.08 Å². The number of benzene rings is 2. The highest BCUT2D eigenvalue weighted by molar-refractivity contribution is 6.02. The molecule has 1 N–H and O–H groups in total. The zero-order valence-electron chi connectivity index (χ0n) is 15.5. The van der Waals surface area contributed by atoms with E-state index in [0.29, 0.717) is 12.2 Å². The van der Waals surface area contributed by atoms with Crippen molar-refractivity contribution in [3.63, 3.8) is 0 Å². The molecule has 0 spiro atoms. The quantitative estimate of drug-likeness (QED) is 0.571. The number of hydrogen-bond donors (Lipinski definition) is 1. The molecule has 27 heavy (non-hydrogen) atoms. The van der Waals surface area contributed by atoms with Gasteiger partial charge in [0.25, 0.3) is 0 Å². The fourth-order valence-electron chi connectivity index (χ4n) is 2.20. The minimum Gasteiger partial charge on any atom is -0.497 e. The highest BCUT2D eigenvalue weighted by atomic mass is 16.5. The van der Waals surface area contributed by atoms with Crippen LogP contribution >= 0.6 is 0 Å². The summed E-state index contributed by atoms with van der Waals surface area (Å²) in [5.41, 5.74) is 1.71. The summed E-state index contributed by atoms with van der Waals surface area (Å²) in [6, 6.07) is 16.6. The van der Waals surface area contributed by atoms with Crippen LogP contribution in [0.2, 0.25) is 0 Å². The Kier molecular flexibility index (Phi) is 7.85. The van der Waals surface area contributed by atoms with Crippen molar-refractivity contribution in [2.24, 2.45) is 0 Å². The van der Waals surface area contributed by atoms with E-state index >= 15 is 0 Å². The van der Waals surface area contributed by atoms with Gasteiger partial charge < -0.3 is 14.8 Å². The lowest BCUT2D eigenvalue weighted by Gasteiger charge is -2.09. The number of nitrogens with one attached hydrogen (secondary N) is 1. The molecular weight excluding hydrogens is 342 g/mol. The molecular formula is C22H23NO4. The first-order valence-corrected chi connectivity index (χ1v) is 8.69. The van der Waals surface area contributed by atoms with E-state index in [4.69, 9.17) is 9.47 Å². The third kappa shape index (κ3) is 6.82. The van der Waals surface area contributed by atoms with Gasteiger partial charge in [-0.2, -0.15) is 0 Å². The van der Waals surface area contributed by atoms with E-state index in [9.17, 15) is 9.59 Å². The summed E-state index contributed by atoms with van der Waals surface area (Å²) >= 11 is 0. The van der Waals surface area contributed by atoms with Gasteiger partial charge in [0.15, 0.2) is 0 Å². The van der Waals surface area contributed by atoms with E-state index in [1.54, 1.807) is 43.5 Å². The first-order chi connectivity index (χ1) is 13.1. The maximum absolute atomic E-state index is 12.3. The molecule has 0 aliphatic heterocycles. The predicted molar refractivity (Wildman–Crippen MR) is 106 cm³/mol. The Bertz CT molecular complexity index is 808. The van der Waals surface area contributed by atoms with Gasteiger partial charge in [-0.05, 0) is 41.8 Å². The fourth-order valence-corrected chi connectivity index (χ4v) is 2.20. The van der Waals surface area contributed by atoms with Gasteiger partial charge in [-0.15, -0.1) is 0 Å². The summed E-state index contributed by atoms with van der Waals surface area (Å²) in [5.74, 6) is -0.279. The van der Waals surface area contributed by atoms with Crippen molar-refractivity contribution in [3.05, 3.63) is 77.5 Å². The number of carbonyl (C=O) groups excluding carboxylic acids is 2. The lowest BCUT2D eigenvalue weighted by atomic mass is 10.2. The molecule has 140 valence electrons. The van der Waals surface area contributed by atoms with Crippen LogP contribution in [-0.4, -0.2) is 25.6 Å². The van der Waals surface area contributed by atoms with Crippen molar-refractivity contribution in [2.75, 3.05) is 13.7 Å². The van der Waals surface area contributed by atoms with Gasteiger partial charge in [-0.25, -0.2) is 4.79 Å². The number of amides is 1. The molecule has 0 saturated carbocycles. The van der Waals surface area contributed by atoms with Crippen molar-refractivity contribution >= 4 is 24.0 Å². The Labute approximate surface area is 159 Å². The largest absolute Gasteiger partial charge is 0.497 e. The van der Waals surface area contributed by atoms with E-state index in [1.165, 1.54) is 6.08 Å². The van der Waals surface area contributed by atoms with Gasteiger partial charge in [0.1, 0.15) is 11.4 Å². The number of hydrogen-bond acceptors (Lipinski definition) is 4. The first kappa shape index (κ1) is 20.0. The predicted octanol–water partition coefficient (Wildman–Crippen LogP) is 3.82. The molecule has 1 amide bonds. The fraction of sp³-hybridized carbons (Fsp3) is 0.182. The third-order valence-electron chi connectivity index (χ3n) is 3.57. The van der Waals surface area contributed by atoms with Crippen LogP contribution in [0.25, 0.3) is 12.2 Å². The molecule has 0 saturated heterocycles. The van der Waals surface area contributed by atoms with E-state index in [2.05, 4.69) is 5.32 Å². The van der Waals surface area contributed by atoms with Crippen LogP contribution < -0.4 is 10.1 Å². The number of esters is 1. The molecule has 0 heterocycles. The summed E-state index contributed by atoms with van der Waals surface area (Å²) in [7, 11) is 1.58. The number of rotatable bonds is 8. The monoisotopic (exact) mass is 365 g/mol. The number of methoxy groups -OCH3 is 1. The van der Waals surface area contributed by atoms with E-state index < -0.39 is 11.9 Å². The summed E-state index contributed by atoms with van der Waals surface area (Å²) < 4.78 is 10.3. The lowest BCUT2D eigenvalue weighted by molar-refractivity contribution is -0.140. The van der Waals surface area contributed by atoms with Crippen molar-refractivity contribution in [3.8, 4) is 5.75 Å². The molecule has 0 fully saturated rings. The van der Waals surface area contributed by atoms with Crippen LogP contribution in [0, 0.1) is 0 Å². The van der Waals surface area contributed by atoms with Crippen LogP contribution in [0.3, 0.4) is 0 Å². The van der Waals surface area contributed by atoms with Gasteiger partial charge >= 0.3 is 5.97 Å². The molecule has 2 aromatic carbocycles. The summed E-state index contributed by atoms with van der Waals surface area (Å²) in [6.07, 6.45) is 5.33. The second-order valence-electron chi connectivity index (χ2n) is 5.70. The molecule has 2 aromatic rings. The average molecular weight is 365 g/mol. The smallest absolute Gasteiger partial charge is 0.354 e. The molecule has 0 aromatic heterocycles. The summed E-state index contributed by atoms with van der Waals surface area (Å²) in [4.78, 5) is 24.5. The molecule has 5 nitrogen and oxygen atoms in total. The van der Waals surface area contributed by atoms with E-state index in [1.807, 2.05) is 37.3 Å². The molecule has 0 aliphatic rings. The van der Waals surface area contributed by atoms with Crippen molar-refractivity contribution in [1.82, 2.24) is 5.32 Å². The Morgan fingerprint density at radius 2 is 1.70 bits per heavy atom. The second-order valence-corrected chi connectivity index (χ2v) is 5.70. The van der Waals surface area contributed by atoms with Crippen molar-refractivity contribution in [1.29, 1.82) is 0 Å². The lowest BCUT2D eigenvalue weighted by Crippen LogP contribution is -2.27. The SMILES string of the molecule is CCCOC(=O)/C(=C/c1ccc(OC)cc1)NC(=O)/C=C/c1ccccc1. The Morgan fingerprint density at radius 1 is 1.00 bits per heavy atom. The Balaban J connectivity index is 2.15. The molecule has 5 heteroatoms. The van der Waals surface area contributed by atoms with Gasteiger partial charge in [0.05, 0.1) is 13.7 Å². The van der Waals surface area contributed by atoms with Crippen molar-refractivity contribution in [2.45, 2.75) is 13.3 Å². The first-order valence-electron chi connectivity index (χ1n) is 8.69. The minimum absolute atomic E-state index is 0.0799. The van der Waals surface area contributed by atoms with Crippen LogP contribution in [-0.2, 0) is 14.3 Å². The van der Waals surface area contributed by atoms with Gasteiger partial charge in [-0.1, -0.05) is 49.4 Å². The van der Waals surface area contributed by atoms with Crippen LogP contribution in [0.4, 0.5) is 0 Å². The maximum atomic E-state index is 12.3. The normalized spacial score (nSPS) is 11.3. The summed E-state index contributed by atoms with van der Waals surface area (Å²) in [5, 5.41) is 2.60. The maximum Gasteiger partial charge on any atom is 0.354 e. The zero-order chi connectivity index (χ0) is 19.5. The molecule has 0 radical (unpaired) electrons. The third-order valence-corrected chi connectivity index (χ3v) is 3.57. The van der Waals surface area contributed by atoms with Gasteiger partial charge in [-0.3, -0.25) is 4.79 Å². The number of ether oxygens (including phenoxy) is 2. The minimum atomic E-state index is -0.575. The van der Waals surface area contributed by atoms with Crippen LogP contribution in [0.5, 0.6) is 5.75 Å². The van der Waals surface area contributed by atoms with Crippen molar-refractivity contribution < 1.29 is 19.1 Å². The molecule has 0 bridgehead atoms. The van der Waals surface area contributed by atoms with E-state index in [0.717, 1.165) is 11.1 Å². The molecule has 0 atom stereocenters. The Morgan fingerprint density at radius 3 is 2.33 bits per heavy atom. The number of carbonyl (C=O) groups is 2. The second kappa shape index (κ2) is 10.6. The summed E-state index contributed by atoms with van der Waals surface area (Å²) in [6.45, 7) is 2.19. The average Bonchev–Trinajstić information content (AvgIpc) is 2.71. The standard InChI is InChI=1S/C22H23NO4/c1-3-15-27-22(25)20(16-18-9-12-19(26-2)13-10-18)23-21(24)14-11-17-7-5-4-6-8-17/h4-14,16H,3,15H2,1-2H3,(H,23,24)/b14-11+,20-16-. The molecule has 0 aliphatic carbocycles. The van der Waals surface area contributed by atoms with Gasteiger partial charge in [0.2, 0.25) is 5.91 Å². The zero-order valence-corrected chi connectivity index (χ0v) is 15.5. The Hall–Kier alpha value is -3.34. The highest BCUT2D eigenvalue weighted by Gasteiger charge is 2.13. The van der Waals surface area contributed by atoms with Crippen LogP contribution in [0.15, 0.2) is 66.4 Å². The molecule has 2 rings (SSSR count).